The maximum absolute atomic E-state index is 12.2. The molecule has 0 aliphatic carbocycles. The summed E-state index contributed by atoms with van der Waals surface area (Å²) in [6.07, 6.45) is 2.48. The quantitative estimate of drug-likeness (QED) is 0.684. The summed E-state index contributed by atoms with van der Waals surface area (Å²) in [6.45, 7) is 5.69. The maximum atomic E-state index is 12.2. The highest BCUT2D eigenvalue weighted by Gasteiger charge is 2.11. The number of nitriles is 1. The minimum absolute atomic E-state index is 0.0449. The Balaban J connectivity index is 2.18. The van der Waals surface area contributed by atoms with Gasteiger partial charge in [-0.3, -0.25) is 4.79 Å². The standard InChI is InChI=1S/C18H18N2O2/c1-4-14-5-7-17(8-6-14)20-18(21)16(11-19)10-15-9-12(2)22-13(15)3/h5-10H,4H2,1-3H3,(H,20,21)/b16-10-. The smallest absolute Gasteiger partial charge is 0.266 e. The molecule has 112 valence electrons. The highest BCUT2D eigenvalue weighted by Crippen LogP contribution is 2.18. The van der Waals surface area contributed by atoms with E-state index in [0.717, 1.165) is 17.7 Å². The minimum Gasteiger partial charge on any atom is -0.466 e. The van der Waals surface area contributed by atoms with Crippen molar-refractivity contribution in [3.63, 3.8) is 0 Å². The van der Waals surface area contributed by atoms with Gasteiger partial charge in [0, 0.05) is 11.3 Å². The van der Waals surface area contributed by atoms with E-state index >= 15 is 0 Å². The van der Waals surface area contributed by atoms with Crippen molar-refractivity contribution in [2.24, 2.45) is 0 Å². The summed E-state index contributed by atoms with van der Waals surface area (Å²) in [5.41, 5.74) is 2.65. The van der Waals surface area contributed by atoms with Crippen LogP contribution in [0.2, 0.25) is 0 Å². The number of hydrogen-bond acceptors (Lipinski definition) is 3. The number of carbonyl (C=O) groups is 1. The molecule has 0 saturated heterocycles. The van der Waals surface area contributed by atoms with Crippen LogP contribution >= 0.6 is 0 Å². The molecule has 4 nitrogen and oxygen atoms in total. The van der Waals surface area contributed by atoms with Crippen LogP contribution in [-0.4, -0.2) is 5.91 Å². The average molecular weight is 294 g/mol. The lowest BCUT2D eigenvalue weighted by molar-refractivity contribution is -0.112. The first-order valence-corrected chi connectivity index (χ1v) is 7.12. The number of aryl methyl sites for hydroxylation is 3. The largest absolute Gasteiger partial charge is 0.466 e. The summed E-state index contributed by atoms with van der Waals surface area (Å²) in [5.74, 6) is 1.01. The van der Waals surface area contributed by atoms with E-state index in [4.69, 9.17) is 4.42 Å². The molecule has 1 heterocycles. The molecule has 22 heavy (non-hydrogen) atoms. The molecule has 4 heteroatoms. The van der Waals surface area contributed by atoms with Gasteiger partial charge in [0.05, 0.1) is 0 Å². The van der Waals surface area contributed by atoms with Crippen molar-refractivity contribution in [3.8, 4) is 6.07 Å². The molecule has 0 aliphatic rings. The Kier molecular flexibility index (Phi) is 4.80. The maximum Gasteiger partial charge on any atom is 0.266 e. The lowest BCUT2D eigenvalue weighted by atomic mass is 10.1. The number of nitrogens with zero attached hydrogens (tertiary/aromatic N) is 1. The first kappa shape index (κ1) is 15.6. The second-order valence-electron chi connectivity index (χ2n) is 5.04. The Morgan fingerprint density at radius 1 is 1.32 bits per heavy atom. The molecular weight excluding hydrogens is 276 g/mol. The average Bonchev–Trinajstić information content (AvgIpc) is 2.83. The zero-order valence-corrected chi connectivity index (χ0v) is 12.9. The summed E-state index contributed by atoms with van der Waals surface area (Å²) in [6, 6.07) is 11.3. The normalized spacial score (nSPS) is 11.1. The highest BCUT2D eigenvalue weighted by molar-refractivity contribution is 6.09. The van der Waals surface area contributed by atoms with Crippen molar-refractivity contribution in [3.05, 3.63) is 58.6 Å². The second kappa shape index (κ2) is 6.77. The number of anilines is 1. The van der Waals surface area contributed by atoms with Crippen LogP contribution in [0.3, 0.4) is 0 Å². The molecule has 0 spiro atoms. The number of furan rings is 1. The van der Waals surface area contributed by atoms with Crippen LogP contribution in [0.4, 0.5) is 5.69 Å². The van der Waals surface area contributed by atoms with E-state index in [0.29, 0.717) is 11.4 Å². The molecule has 1 aromatic carbocycles. The number of hydrogen-bond donors (Lipinski definition) is 1. The van der Waals surface area contributed by atoms with Crippen LogP contribution < -0.4 is 5.32 Å². The van der Waals surface area contributed by atoms with E-state index in [-0.39, 0.29) is 5.57 Å². The van der Waals surface area contributed by atoms with Gasteiger partial charge in [-0.15, -0.1) is 0 Å². The Labute approximate surface area is 130 Å². The molecule has 0 unspecified atom stereocenters. The lowest BCUT2D eigenvalue weighted by Crippen LogP contribution is -2.13. The van der Waals surface area contributed by atoms with Crippen molar-refractivity contribution >= 4 is 17.7 Å². The molecule has 1 N–H and O–H groups in total. The fourth-order valence-corrected chi connectivity index (χ4v) is 2.12. The van der Waals surface area contributed by atoms with Gasteiger partial charge in [0.1, 0.15) is 23.2 Å². The summed E-state index contributed by atoms with van der Waals surface area (Å²) >= 11 is 0. The van der Waals surface area contributed by atoms with Crippen LogP contribution in [0, 0.1) is 25.2 Å². The Hall–Kier alpha value is -2.80. The number of nitrogens with one attached hydrogen (secondary N) is 1. The molecule has 0 saturated carbocycles. The van der Waals surface area contributed by atoms with Crippen molar-refractivity contribution < 1.29 is 9.21 Å². The van der Waals surface area contributed by atoms with E-state index in [1.54, 1.807) is 19.1 Å². The molecule has 0 bridgehead atoms. The SMILES string of the molecule is CCc1ccc(NC(=O)/C(C#N)=C\c2cc(C)oc2C)cc1. The van der Waals surface area contributed by atoms with Crippen molar-refractivity contribution in [2.45, 2.75) is 27.2 Å². The molecule has 0 atom stereocenters. The molecule has 2 rings (SSSR count). The van der Waals surface area contributed by atoms with E-state index in [1.807, 2.05) is 37.3 Å². The fraction of sp³-hybridized carbons (Fsp3) is 0.222. The van der Waals surface area contributed by atoms with Gasteiger partial charge in [0.15, 0.2) is 0 Å². The third-order valence-corrected chi connectivity index (χ3v) is 3.36. The van der Waals surface area contributed by atoms with Gasteiger partial charge in [-0.2, -0.15) is 5.26 Å². The van der Waals surface area contributed by atoms with Crippen LogP contribution in [0.1, 0.15) is 29.6 Å². The van der Waals surface area contributed by atoms with Gasteiger partial charge in [0.25, 0.3) is 5.91 Å². The zero-order chi connectivity index (χ0) is 16.1. The molecule has 0 aliphatic heterocycles. The van der Waals surface area contributed by atoms with Gasteiger partial charge in [0.2, 0.25) is 0 Å². The van der Waals surface area contributed by atoms with Gasteiger partial charge >= 0.3 is 0 Å². The second-order valence-corrected chi connectivity index (χ2v) is 5.04. The van der Waals surface area contributed by atoms with Crippen molar-refractivity contribution in [1.82, 2.24) is 0 Å². The van der Waals surface area contributed by atoms with Crippen molar-refractivity contribution in [2.75, 3.05) is 5.32 Å². The van der Waals surface area contributed by atoms with Gasteiger partial charge in [-0.05, 0) is 50.1 Å². The van der Waals surface area contributed by atoms with Crippen molar-refractivity contribution in [1.29, 1.82) is 5.26 Å². The lowest BCUT2D eigenvalue weighted by Gasteiger charge is -2.05. The predicted molar refractivity (Wildman–Crippen MR) is 86.2 cm³/mol. The highest BCUT2D eigenvalue weighted by atomic mass is 16.3. The van der Waals surface area contributed by atoms with Crippen LogP contribution in [0.25, 0.3) is 6.08 Å². The number of rotatable bonds is 4. The fourth-order valence-electron chi connectivity index (χ4n) is 2.12. The van der Waals surface area contributed by atoms with Crippen LogP contribution in [-0.2, 0) is 11.2 Å². The Morgan fingerprint density at radius 2 is 2.00 bits per heavy atom. The van der Waals surface area contributed by atoms with E-state index in [2.05, 4.69) is 12.2 Å². The number of amides is 1. The van der Waals surface area contributed by atoms with Gasteiger partial charge in [-0.25, -0.2) is 0 Å². The number of carbonyl (C=O) groups excluding carboxylic acids is 1. The van der Waals surface area contributed by atoms with Gasteiger partial charge in [-0.1, -0.05) is 19.1 Å². The summed E-state index contributed by atoms with van der Waals surface area (Å²) in [7, 11) is 0. The summed E-state index contributed by atoms with van der Waals surface area (Å²) in [4.78, 5) is 12.2. The predicted octanol–water partition coefficient (Wildman–Crippen LogP) is 4.00. The molecule has 1 amide bonds. The zero-order valence-electron chi connectivity index (χ0n) is 12.9. The molecule has 0 radical (unpaired) electrons. The van der Waals surface area contributed by atoms with E-state index in [1.165, 1.54) is 5.56 Å². The topological polar surface area (TPSA) is 66.0 Å². The summed E-state index contributed by atoms with van der Waals surface area (Å²) in [5, 5.41) is 11.9. The first-order valence-electron chi connectivity index (χ1n) is 7.12. The third-order valence-electron chi connectivity index (χ3n) is 3.36. The monoisotopic (exact) mass is 294 g/mol. The third kappa shape index (κ3) is 3.64. The summed E-state index contributed by atoms with van der Waals surface area (Å²) < 4.78 is 5.40. The van der Waals surface area contributed by atoms with Crippen LogP contribution in [0.5, 0.6) is 0 Å². The molecule has 1 aromatic heterocycles. The van der Waals surface area contributed by atoms with Crippen LogP contribution in [0.15, 0.2) is 40.3 Å². The minimum atomic E-state index is -0.426. The molecular formula is C18H18N2O2. The Morgan fingerprint density at radius 3 is 2.50 bits per heavy atom. The van der Waals surface area contributed by atoms with Gasteiger partial charge < -0.3 is 9.73 Å². The Bertz CT molecular complexity index is 746. The molecule has 2 aromatic rings. The van der Waals surface area contributed by atoms with E-state index < -0.39 is 5.91 Å². The first-order chi connectivity index (χ1) is 10.5. The van der Waals surface area contributed by atoms with E-state index in [9.17, 15) is 10.1 Å². The number of benzene rings is 1. The molecule has 0 fully saturated rings.